The minimum absolute atomic E-state index is 0.0172. The lowest BCUT2D eigenvalue weighted by atomic mass is 9.98. The standard InChI is InChI=1S/C13H11F3N2S/c1-6(2)10-12(17-5-18-13(10)19)7-3-8(14)11(16)9(15)4-7/h3-6H,1-2H3,(H,17,18,19). The minimum Gasteiger partial charge on any atom is -0.346 e. The number of hydrogen-bond donors (Lipinski definition) is 1. The van der Waals surface area contributed by atoms with E-state index in [4.69, 9.17) is 12.2 Å². The summed E-state index contributed by atoms with van der Waals surface area (Å²) in [5.41, 5.74) is 1.32. The van der Waals surface area contributed by atoms with Gasteiger partial charge >= 0.3 is 0 Å². The van der Waals surface area contributed by atoms with Gasteiger partial charge in [0.2, 0.25) is 0 Å². The highest BCUT2D eigenvalue weighted by Gasteiger charge is 2.16. The molecule has 0 aliphatic rings. The molecule has 0 spiro atoms. The molecule has 100 valence electrons. The molecule has 2 rings (SSSR count). The van der Waals surface area contributed by atoms with Gasteiger partial charge in [-0.25, -0.2) is 18.2 Å². The summed E-state index contributed by atoms with van der Waals surface area (Å²) in [6.45, 7) is 3.78. The molecule has 0 radical (unpaired) electrons. The summed E-state index contributed by atoms with van der Waals surface area (Å²) in [6, 6.07) is 1.87. The van der Waals surface area contributed by atoms with E-state index in [1.807, 2.05) is 13.8 Å². The number of aromatic amines is 1. The zero-order valence-corrected chi connectivity index (χ0v) is 11.1. The van der Waals surface area contributed by atoms with Crippen molar-refractivity contribution in [3.8, 4) is 11.3 Å². The second-order valence-corrected chi connectivity index (χ2v) is 4.79. The summed E-state index contributed by atoms with van der Waals surface area (Å²) < 4.78 is 39.9. The van der Waals surface area contributed by atoms with Gasteiger partial charge in [0.25, 0.3) is 0 Å². The van der Waals surface area contributed by atoms with E-state index in [9.17, 15) is 13.2 Å². The van der Waals surface area contributed by atoms with Gasteiger partial charge in [-0.1, -0.05) is 26.1 Å². The lowest BCUT2D eigenvalue weighted by Crippen LogP contribution is -2.00. The third kappa shape index (κ3) is 2.53. The number of aromatic nitrogens is 2. The average Bonchev–Trinajstić information content (AvgIpc) is 2.34. The average molecular weight is 284 g/mol. The third-order valence-electron chi connectivity index (χ3n) is 2.74. The Hall–Kier alpha value is -1.69. The molecule has 6 heteroatoms. The molecule has 0 aliphatic heterocycles. The molecular weight excluding hydrogens is 273 g/mol. The first-order valence-corrected chi connectivity index (χ1v) is 6.05. The van der Waals surface area contributed by atoms with Gasteiger partial charge in [-0.3, -0.25) is 0 Å². The van der Waals surface area contributed by atoms with Gasteiger partial charge < -0.3 is 4.98 Å². The van der Waals surface area contributed by atoms with E-state index >= 15 is 0 Å². The van der Waals surface area contributed by atoms with Crippen LogP contribution in [0.1, 0.15) is 25.3 Å². The molecule has 0 aliphatic carbocycles. The molecule has 19 heavy (non-hydrogen) atoms. The number of nitrogens with zero attached hydrogens (tertiary/aromatic N) is 1. The van der Waals surface area contributed by atoms with E-state index in [-0.39, 0.29) is 11.5 Å². The lowest BCUT2D eigenvalue weighted by molar-refractivity contribution is 0.447. The molecule has 2 aromatic rings. The molecule has 1 heterocycles. The van der Waals surface area contributed by atoms with Crippen LogP contribution in [-0.2, 0) is 0 Å². The number of halogens is 3. The third-order valence-corrected chi connectivity index (χ3v) is 3.07. The highest BCUT2D eigenvalue weighted by atomic mass is 32.1. The summed E-state index contributed by atoms with van der Waals surface area (Å²) >= 11 is 5.11. The maximum Gasteiger partial charge on any atom is 0.194 e. The smallest absolute Gasteiger partial charge is 0.194 e. The van der Waals surface area contributed by atoms with E-state index in [1.165, 1.54) is 6.33 Å². The molecule has 1 aromatic heterocycles. The van der Waals surface area contributed by atoms with Gasteiger partial charge in [0.05, 0.1) is 12.0 Å². The summed E-state index contributed by atoms with van der Waals surface area (Å²) in [4.78, 5) is 6.76. The molecule has 1 N–H and O–H groups in total. The van der Waals surface area contributed by atoms with Crippen molar-refractivity contribution in [2.45, 2.75) is 19.8 Å². The lowest BCUT2D eigenvalue weighted by Gasteiger charge is -2.12. The Morgan fingerprint density at radius 2 is 1.74 bits per heavy atom. The zero-order chi connectivity index (χ0) is 14.2. The monoisotopic (exact) mass is 284 g/mol. The largest absolute Gasteiger partial charge is 0.346 e. The first-order chi connectivity index (χ1) is 8.91. The maximum atomic E-state index is 13.3. The van der Waals surface area contributed by atoms with Gasteiger partial charge in [0, 0.05) is 11.1 Å². The highest BCUT2D eigenvalue weighted by molar-refractivity contribution is 7.71. The predicted octanol–water partition coefficient (Wildman–Crippen LogP) is 4.35. The van der Waals surface area contributed by atoms with Crippen LogP contribution < -0.4 is 0 Å². The Balaban J connectivity index is 2.73. The highest BCUT2D eigenvalue weighted by Crippen LogP contribution is 2.29. The van der Waals surface area contributed by atoms with Gasteiger partial charge in [-0.05, 0) is 18.1 Å². The van der Waals surface area contributed by atoms with Crippen molar-refractivity contribution in [1.29, 1.82) is 0 Å². The van der Waals surface area contributed by atoms with Crippen molar-refractivity contribution >= 4 is 12.2 Å². The number of hydrogen-bond acceptors (Lipinski definition) is 2. The Labute approximate surface area is 113 Å². The molecule has 0 atom stereocenters. The van der Waals surface area contributed by atoms with E-state index in [0.29, 0.717) is 15.9 Å². The van der Waals surface area contributed by atoms with E-state index < -0.39 is 17.5 Å². The van der Waals surface area contributed by atoms with Crippen LogP contribution in [0.3, 0.4) is 0 Å². The predicted molar refractivity (Wildman–Crippen MR) is 68.8 cm³/mol. The number of rotatable bonds is 2. The van der Waals surface area contributed by atoms with Gasteiger partial charge in [0.1, 0.15) is 4.64 Å². The van der Waals surface area contributed by atoms with E-state index in [2.05, 4.69) is 9.97 Å². The summed E-state index contributed by atoms with van der Waals surface area (Å²) in [5.74, 6) is -3.94. The van der Waals surface area contributed by atoms with Crippen LogP contribution in [0.25, 0.3) is 11.3 Å². The number of nitrogens with one attached hydrogen (secondary N) is 1. The maximum absolute atomic E-state index is 13.3. The van der Waals surface area contributed by atoms with Crippen LogP contribution in [0.2, 0.25) is 0 Å². The fourth-order valence-electron chi connectivity index (χ4n) is 1.88. The first kappa shape index (κ1) is 13.7. The van der Waals surface area contributed by atoms with Crippen molar-refractivity contribution in [3.05, 3.63) is 46.1 Å². The molecule has 0 unspecified atom stereocenters. The van der Waals surface area contributed by atoms with Crippen molar-refractivity contribution in [2.24, 2.45) is 0 Å². The zero-order valence-electron chi connectivity index (χ0n) is 10.3. The molecule has 0 saturated carbocycles. The topological polar surface area (TPSA) is 28.7 Å². The fourth-order valence-corrected chi connectivity index (χ4v) is 2.27. The Bertz CT molecular complexity index is 657. The van der Waals surface area contributed by atoms with Crippen LogP contribution in [-0.4, -0.2) is 9.97 Å². The second kappa shape index (κ2) is 5.13. The van der Waals surface area contributed by atoms with E-state index in [1.54, 1.807) is 0 Å². The van der Waals surface area contributed by atoms with Crippen LogP contribution in [0.4, 0.5) is 13.2 Å². The molecular formula is C13H11F3N2S. The van der Waals surface area contributed by atoms with Crippen LogP contribution >= 0.6 is 12.2 Å². The number of H-pyrrole nitrogens is 1. The Morgan fingerprint density at radius 1 is 1.16 bits per heavy atom. The Kier molecular flexibility index (Phi) is 3.71. The van der Waals surface area contributed by atoms with Gasteiger partial charge in [-0.15, -0.1) is 0 Å². The summed E-state index contributed by atoms with van der Waals surface area (Å²) in [5, 5.41) is 0. The second-order valence-electron chi connectivity index (χ2n) is 4.40. The van der Waals surface area contributed by atoms with Crippen molar-refractivity contribution < 1.29 is 13.2 Å². The Morgan fingerprint density at radius 3 is 2.26 bits per heavy atom. The molecule has 0 saturated heterocycles. The molecule has 2 nitrogen and oxygen atoms in total. The quantitative estimate of drug-likeness (QED) is 0.656. The van der Waals surface area contributed by atoms with Gasteiger partial charge in [-0.2, -0.15) is 0 Å². The van der Waals surface area contributed by atoms with Crippen molar-refractivity contribution in [2.75, 3.05) is 0 Å². The normalized spacial score (nSPS) is 11.1. The molecule has 0 amide bonds. The van der Waals surface area contributed by atoms with Crippen LogP contribution in [0.5, 0.6) is 0 Å². The van der Waals surface area contributed by atoms with Crippen molar-refractivity contribution in [3.63, 3.8) is 0 Å². The summed E-state index contributed by atoms with van der Waals surface area (Å²) in [7, 11) is 0. The van der Waals surface area contributed by atoms with Gasteiger partial charge in [0.15, 0.2) is 17.5 Å². The van der Waals surface area contributed by atoms with Crippen LogP contribution in [0, 0.1) is 22.1 Å². The van der Waals surface area contributed by atoms with Crippen molar-refractivity contribution in [1.82, 2.24) is 9.97 Å². The molecule has 0 bridgehead atoms. The fraction of sp³-hybridized carbons (Fsp3) is 0.231. The number of benzene rings is 1. The minimum atomic E-state index is -1.48. The molecule has 1 aromatic carbocycles. The SMILES string of the molecule is CC(C)c1c(-c2cc(F)c(F)c(F)c2)[nH]cnc1=S. The first-order valence-electron chi connectivity index (χ1n) is 5.64. The summed E-state index contributed by atoms with van der Waals surface area (Å²) in [6.07, 6.45) is 1.35. The van der Waals surface area contributed by atoms with E-state index in [0.717, 1.165) is 12.1 Å². The molecule has 0 fully saturated rings. The van der Waals surface area contributed by atoms with Crippen LogP contribution in [0.15, 0.2) is 18.5 Å².